The molecular formula is C14H24O4. The van der Waals surface area contributed by atoms with E-state index in [0.717, 1.165) is 37.8 Å². The van der Waals surface area contributed by atoms with Gasteiger partial charge in [-0.25, -0.2) is 9.59 Å². The third kappa shape index (κ3) is 8.79. The van der Waals surface area contributed by atoms with Crippen molar-refractivity contribution in [2.45, 2.75) is 65.6 Å². The lowest BCUT2D eigenvalue weighted by atomic mass is 10.2. The number of carbonyl (C=O) groups is 2. The number of hydrogen-bond acceptors (Lipinski definition) is 4. The summed E-state index contributed by atoms with van der Waals surface area (Å²) in [7, 11) is 0. The van der Waals surface area contributed by atoms with Crippen LogP contribution in [0.2, 0.25) is 0 Å². The fourth-order valence-electron chi connectivity index (χ4n) is 1.54. The van der Waals surface area contributed by atoms with Crippen molar-refractivity contribution in [2.24, 2.45) is 0 Å². The summed E-state index contributed by atoms with van der Waals surface area (Å²) in [5.74, 6) is -1.01. The number of esters is 2. The molecule has 0 aromatic heterocycles. The summed E-state index contributed by atoms with van der Waals surface area (Å²) in [4.78, 5) is 22.7. The van der Waals surface area contributed by atoms with Gasteiger partial charge in [-0.1, -0.05) is 26.7 Å². The van der Waals surface area contributed by atoms with Crippen molar-refractivity contribution in [1.29, 1.82) is 0 Å². The van der Waals surface area contributed by atoms with Crippen LogP contribution in [-0.2, 0) is 19.1 Å². The first-order valence-electron chi connectivity index (χ1n) is 6.58. The molecule has 0 aromatic carbocycles. The summed E-state index contributed by atoms with van der Waals surface area (Å²) in [6.07, 6.45) is 5.53. The second kappa shape index (κ2) is 9.68. The summed E-state index contributed by atoms with van der Waals surface area (Å²) in [6, 6.07) is 0. The minimum atomic E-state index is -0.504. The predicted molar refractivity (Wildman–Crippen MR) is 70.1 cm³/mol. The van der Waals surface area contributed by atoms with Gasteiger partial charge in [0.25, 0.3) is 0 Å². The van der Waals surface area contributed by atoms with Crippen LogP contribution in [0.15, 0.2) is 12.2 Å². The van der Waals surface area contributed by atoms with E-state index in [0.29, 0.717) is 0 Å². The van der Waals surface area contributed by atoms with E-state index in [1.165, 1.54) is 0 Å². The maximum Gasteiger partial charge on any atom is 0.331 e. The lowest BCUT2D eigenvalue weighted by molar-refractivity contribution is -0.145. The lowest BCUT2D eigenvalue weighted by Gasteiger charge is -2.11. The molecule has 0 fully saturated rings. The first-order valence-corrected chi connectivity index (χ1v) is 6.58. The first kappa shape index (κ1) is 16.7. The molecule has 0 rings (SSSR count). The second-order valence-electron chi connectivity index (χ2n) is 4.41. The molecule has 0 radical (unpaired) electrons. The Labute approximate surface area is 109 Å². The summed E-state index contributed by atoms with van der Waals surface area (Å²) < 4.78 is 10.1. The summed E-state index contributed by atoms with van der Waals surface area (Å²) in [6.45, 7) is 7.70. The minimum Gasteiger partial charge on any atom is -0.460 e. The predicted octanol–water partition coefficient (Wildman–Crippen LogP) is 3.01. The molecule has 2 unspecified atom stereocenters. The zero-order chi connectivity index (χ0) is 14.0. The van der Waals surface area contributed by atoms with Crippen molar-refractivity contribution in [2.75, 3.05) is 0 Å². The Morgan fingerprint density at radius 3 is 1.50 bits per heavy atom. The molecular weight excluding hydrogens is 232 g/mol. The van der Waals surface area contributed by atoms with Gasteiger partial charge >= 0.3 is 11.9 Å². The van der Waals surface area contributed by atoms with Crippen molar-refractivity contribution in [3.63, 3.8) is 0 Å². The topological polar surface area (TPSA) is 52.6 Å². The molecule has 0 aliphatic heterocycles. The van der Waals surface area contributed by atoms with Crippen LogP contribution in [-0.4, -0.2) is 24.1 Å². The van der Waals surface area contributed by atoms with Crippen LogP contribution in [0.5, 0.6) is 0 Å². The Morgan fingerprint density at radius 1 is 0.889 bits per heavy atom. The molecule has 0 N–H and O–H groups in total. The Morgan fingerprint density at radius 2 is 1.22 bits per heavy atom. The van der Waals surface area contributed by atoms with Crippen LogP contribution in [0.4, 0.5) is 0 Å². The van der Waals surface area contributed by atoms with E-state index in [1.807, 2.05) is 27.7 Å². The average molecular weight is 256 g/mol. The monoisotopic (exact) mass is 256 g/mol. The standard InChI is InChI=1S/C14H24O4/c1-5-7-11(3)17-13(15)9-10-14(16)18-12(4)8-6-2/h9-12H,5-8H2,1-4H3/b10-9-. The van der Waals surface area contributed by atoms with Crippen LogP contribution in [0.3, 0.4) is 0 Å². The molecule has 0 bridgehead atoms. The molecule has 0 aliphatic carbocycles. The quantitative estimate of drug-likeness (QED) is 0.495. The van der Waals surface area contributed by atoms with Gasteiger partial charge in [-0.15, -0.1) is 0 Å². The van der Waals surface area contributed by atoms with Crippen molar-refractivity contribution in [3.05, 3.63) is 12.2 Å². The maximum atomic E-state index is 11.3. The van der Waals surface area contributed by atoms with Crippen LogP contribution in [0, 0.1) is 0 Å². The molecule has 0 saturated carbocycles. The van der Waals surface area contributed by atoms with Gasteiger partial charge in [-0.2, -0.15) is 0 Å². The molecule has 0 aliphatic rings. The molecule has 0 saturated heterocycles. The van der Waals surface area contributed by atoms with Crippen molar-refractivity contribution in [3.8, 4) is 0 Å². The van der Waals surface area contributed by atoms with Crippen molar-refractivity contribution >= 4 is 11.9 Å². The number of hydrogen-bond donors (Lipinski definition) is 0. The van der Waals surface area contributed by atoms with Crippen molar-refractivity contribution in [1.82, 2.24) is 0 Å². The highest BCUT2D eigenvalue weighted by Gasteiger charge is 2.08. The molecule has 4 nitrogen and oxygen atoms in total. The average Bonchev–Trinajstić information content (AvgIpc) is 2.27. The highest BCUT2D eigenvalue weighted by atomic mass is 16.5. The van der Waals surface area contributed by atoms with Gasteiger partial charge in [0, 0.05) is 12.2 Å². The number of ether oxygens (including phenoxy) is 2. The second-order valence-corrected chi connectivity index (χ2v) is 4.41. The van der Waals surface area contributed by atoms with Crippen LogP contribution >= 0.6 is 0 Å². The van der Waals surface area contributed by atoms with E-state index in [-0.39, 0.29) is 12.2 Å². The molecule has 0 aromatic rings. The Bertz CT molecular complexity index is 256. The summed E-state index contributed by atoms with van der Waals surface area (Å²) in [5.41, 5.74) is 0. The van der Waals surface area contributed by atoms with Crippen LogP contribution < -0.4 is 0 Å². The minimum absolute atomic E-state index is 0.123. The largest absolute Gasteiger partial charge is 0.460 e. The van der Waals surface area contributed by atoms with Crippen LogP contribution in [0.1, 0.15) is 53.4 Å². The van der Waals surface area contributed by atoms with E-state index in [2.05, 4.69) is 0 Å². The van der Waals surface area contributed by atoms with E-state index >= 15 is 0 Å². The number of rotatable bonds is 8. The zero-order valence-corrected chi connectivity index (χ0v) is 11.8. The fraction of sp³-hybridized carbons (Fsp3) is 0.714. The van der Waals surface area contributed by atoms with E-state index in [4.69, 9.17) is 9.47 Å². The molecule has 2 atom stereocenters. The van der Waals surface area contributed by atoms with Gasteiger partial charge < -0.3 is 9.47 Å². The molecule has 18 heavy (non-hydrogen) atoms. The highest BCUT2D eigenvalue weighted by molar-refractivity contribution is 5.91. The van der Waals surface area contributed by atoms with E-state index < -0.39 is 11.9 Å². The van der Waals surface area contributed by atoms with E-state index in [1.54, 1.807) is 0 Å². The number of carbonyl (C=O) groups excluding carboxylic acids is 2. The van der Waals surface area contributed by atoms with Crippen LogP contribution in [0.25, 0.3) is 0 Å². The van der Waals surface area contributed by atoms with Crippen molar-refractivity contribution < 1.29 is 19.1 Å². The molecule has 104 valence electrons. The van der Waals surface area contributed by atoms with Gasteiger partial charge in [-0.05, 0) is 26.7 Å². The summed E-state index contributed by atoms with van der Waals surface area (Å²) in [5, 5.41) is 0. The fourth-order valence-corrected chi connectivity index (χ4v) is 1.54. The Hall–Kier alpha value is -1.32. The molecule has 4 heteroatoms. The Kier molecular flexibility index (Phi) is 8.97. The molecule has 0 amide bonds. The van der Waals surface area contributed by atoms with Gasteiger partial charge in [0.15, 0.2) is 0 Å². The smallest absolute Gasteiger partial charge is 0.331 e. The molecule has 0 spiro atoms. The lowest BCUT2D eigenvalue weighted by Crippen LogP contribution is -2.15. The Balaban J connectivity index is 3.98. The van der Waals surface area contributed by atoms with Gasteiger partial charge in [-0.3, -0.25) is 0 Å². The van der Waals surface area contributed by atoms with Gasteiger partial charge in [0.1, 0.15) is 0 Å². The van der Waals surface area contributed by atoms with Gasteiger partial charge in [0.2, 0.25) is 0 Å². The SMILES string of the molecule is CCCC(C)OC(=O)/C=C\C(=O)OC(C)CCC. The third-order valence-corrected chi connectivity index (χ3v) is 2.38. The van der Waals surface area contributed by atoms with E-state index in [9.17, 15) is 9.59 Å². The normalized spacial score (nSPS) is 14.2. The summed E-state index contributed by atoms with van der Waals surface area (Å²) >= 11 is 0. The first-order chi connectivity index (χ1) is 8.49. The van der Waals surface area contributed by atoms with Gasteiger partial charge in [0.05, 0.1) is 12.2 Å². The maximum absolute atomic E-state index is 11.3. The highest BCUT2D eigenvalue weighted by Crippen LogP contribution is 2.03. The molecule has 0 heterocycles. The third-order valence-electron chi connectivity index (χ3n) is 2.38. The zero-order valence-electron chi connectivity index (χ0n) is 11.8.